The second kappa shape index (κ2) is 5.43. The molecule has 2 heterocycles. The van der Waals surface area contributed by atoms with E-state index in [-0.39, 0.29) is 12.2 Å². The molecule has 1 aliphatic rings. The summed E-state index contributed by atoms with van der Waals surface area (Å²) in [7, 11) is 0. The Morgan fingerprint density at radius 1 is 1.75 bits per heavy atom. The first-order valence-corrected chi connectivity index (χ1v) is 5.85. The molecule has 1 saturated heterocycles. The fourth-order valence-corrected chi connectivity index (χ4v) is 2.04. The van der Waals surface area contributed by atoms with Gasteiger partial charge in [-0.3, -0.25) is 4.57 Å². The van der Waals surface area contributed by atoms with Crippen LogP contribution in [0.15, 0.2) is 11.0 Å². The Kier molecular flexibility index (Phi) is 3.86. The molecule has 1 aromatic rings. The van der Waals surface area contributed by atoms with Crippen molar-refractivity contribution in [3.05, 3.63) is 32.4 Å². The number of nitrogens with two attached hydrogens (primary N) is 1. The van der Waals surface area contributed by atoms with E-state index in [1.54, 1.807) is 6.92 Å². The monoisotopic (exact) mass is 286 g/mol. The van der Waals surface area contributed by atoms with Crippen LogP contribution in [-0.2, 0) is 9.57 Å². The van der Waals surface area contributed by atoms with Crippen LogP contribution >= 0.6 is 0 Å². The zero-order chi connectivity index (χ0) is 14.9. The maximum atomic E-state index is 11.8. The minimum absolute atomic E-state index is 0.0527. The topological polar surface area (TPSA) is 143 Å². The first-order valence-electron chi connectivity index (χ1n) is 5.85. The number of anilines is 1. The van der Waals surface area contributed by atoms with Crippen LogP contribution in [0, 0.1) is 17.0 Å². The molecule has 0 aliphatic carbocycles. The summed E-state index contributed by atoms with van der Waals surface area (Å²) in [5.41, 5.74) is 5.46. The van der Waals surface area contributed by atoms with Gasteiger partial charge in [-0.25, -0.2) is 4.79 Å². The van der Waals surface area contributed by atoms with Crippen LogP contribution in [0.3, 0.4) is 0 Å². The summed E-state index contributed by atoms with van der Waals surface area (Å²) in [5.74, 6) is 0.112. The summed E-state index contributed by atoms with van der Waals surface area (Å²) in [6.07, 6.45) is -1.11. The van der Waals surface area contributed by atoms with Gasteiger partial charge in [0.15, 0.2) is 0 Å². The minimum atomic E-state index is -0.950. The lowest BCUT2D eigenvalue weighted by Crippen LogP contribution is -2.29. The lowest BCUT2D eigenvalue weighted by Gasteiger charge is -2.15. The molecule has 0 spiro atoms. The molecule has 0 radical (unpaired) electrons. The first-order chi connectivity index (χ1) is 9.42. The highest BCUT2D eigenvalue weighted by Gasteiger charge is 2.39. The molecule has 0 amide bonds. The third-order valence-electron chi connectivity index (χ3n) is 3.07. The van der Waals surface area contributed by atoms with Crippen LogP contribution in [0.5, 0.6) is 0 Å². The Morgan fingerprint density at radius 2 is 2.45 bits per heavy atom. The number of hydrogen-bond acceptors (Lipinski definition) is 8. The molecular weight excluding hydrogens is 272 g/mol. The molecule has 0 bridgehead atoms. The molecule has 10 nitrogen and oxygen atoms in total. The number of aryl methyl sites for hydroxylation is 1. The van der Waals surface area contributed by atoms with Gasteiger partial charge < -0.3 is 20.4 Å². The van der Waals surface area contributed by atoms with Gasteiger partial charge in [0.25, 0.3) is 5.09 Å². The van der Waals surface area contributed by atoms with Crippen molar-refractivity contribution in [3.8, 4) is 0 Å². The summed E-state index contributed by atoms with van der Waals surface area (Å²) in [5, 5.41) is 18.6. The average molecular weight is 286 g/mol. The highest BCUT2D eigenvalue weighted by molar-refractivity contribution is 5.35. The summed E-state index contributed by atoms with van der Waals surface area (Å²) in [4.78, 5) is 30.2. The number of hydrogen-bond donors (Lipinski definition) is 2. The number of aliphatic hydroxyl groups excluding tert-OH is 1. The lowest BCUT2D eigenvalue weighted by molar-refractivity contribution is -0.769. The smallest absolute Gasteiger partial charge is 0.351 e. The Labute approximate surface area is 112 Å². The van der Waals surface area contributed by atoms with E-state index in [4.69, 9.17) is 15.6 Å². The van der Waals surface area contributed by atoms with E-state index < -0.39 is 35.8 Å². The fourth-order valence-electron chi connectivity index (χ4n) is 2.04. The molecule has 20 heavy (non-hydrogen) atoms. The van der Waals surface area contributed by atoms with Crippen molar-refractivity contribution in [1.29, 1.82) is 0 Å². The van der Waals surface area contributed by atoms with Crippen LogP contribution in [0.1, 0.15) is 18.2 Å². The molecular formula is C10H14N4O6. The van der Waals surface area contributed by atoms with Crippen molar-refractivity contribution in [1.82, 2.24) is 9.55 Å². The van der Waals surface area contributed by atoms with Gasteiger partial charge >= 0.3 is 5.69 Å². The normalized spacial score (nSPS) is 25.6. The van der Waals surface area contributed by atoms with Crippen LogP contribution in [0.25, 0.3) is 0 Å². The van der Waals surface area contributed by atoms with Crippen LogP contribution in [0.2, 0.25) is 0 Å². The van der Waals surface area contributed by atoms with Crippen molar-refractivity contribution in [2.24, 2.45) is 0 Å². The largest absolute Gasteiger partial charge is 0.394 e. The van der Waals surface area contributed by atoms with Gasteiger partial charge in [-0.15, -0.1) is 10.1 Å². The first kappa shape index (κ1) is 14.2. The summed E-state index contributed by atoms with van der Waals surface area (Å²) >= 11 is 0. The Bertz CT molecular complexity index is 573. The van der Waals surface area contributed by atoms with E-state index in [0.717, 1.165) is 0 Å². The molecule has 110 valence electrons. The van der Waals surface area contributed by atoms with Crippen LogP contribution < -0.4 is 11.4 Å². The number of nitrogens with zero attached hydrogens (tertiary/aromatic N) is 3. The number of nitrogen functional groups attached to an aromatic ring is 1. The Morgan fingerprint density at radius 3 is 3.05 bits per heavy atom. The molecule has 0 saturated carbocycles. The average Bonchev–Trinajstić information content (AvgIpc) is 2.75. The highest BCUT2D eigenvalue weighted by atomic mass is 17.0. The molecule has 1 aliphatic heterocycles. The Balaban J connectivity index is 2.25. The van der Waals surface area contributed by atoms with Crippen molar-refractivity contribution in [2.75, 3.05) is 12.3 Å². The maximum Gasteiger partial charge on any atom is 0.351 e. The maximum absolute atomic E-state index is 11.8. The minimum Gasteiger partial charge on any atom is -0.394 e. The highest BCUT2D eigenvalue weighted by Crippen LogP contribution is 2.30. The van der Waals surface area contributed by atoms with E-state index in [1.165, 1.54) is 10.8 Å². The van der Waals surface area contributed by atoms with Gasteiger partial charge in [-0.1, -0.05) is 0 Å². The number of ether oxygens (including phenoxy) is 1. The lowest BCUT2D eigenvalue weighted by atomic mass is 10.2. The van der Waals surface area contributed by atoms with E-state index in [2.05, 4.69) is 9.82 Å². The van der Waals surface area contributed by atoms with Crippen LogP contribution in [0.4, 0.5) is 5.82 Å². The molecule has 1 aromatic heterocycles. The summed E-state index contributed by atoms with van der Waals surface area (Å²) < 4.78 is 6.57. The van der Waals surface area contributed by atoms with Gasteiger partial charge in [-0.2, -0.15) is 4.98 Å². The molecule has 0 aromatic carbocycles. The van der Waals surface area contributed by atoms with Gasteiger partial charge in [0.05, 0.1) is 6.61 Å². The Hall–Kier alpha value is -2.20. The van der Waals surface area contributed by atoms with Gasteiger partial charge in [0.2, 0.25) is 0 Å². The third kappa shape index (κ3) is 2.70. The summed E-state index contributed by atoms with van der Waals surface area (Å²) in [6.45, 7) is 1.22. The standard InChI is InChI=1S/C10H14N4O6/c1-5-3-13(10(16)12-9(5)11)8-2-6(20-14(17)18)7(4-15)19-8/h3,6-8,15H,2,4H2,1H3,(H2,11,12,16)/t6-,7+,8+/m0/s1. The molecule has 1 fully saturated rings. The predicted molar refractivity (Wildman–Crippen MR) is 65.1 cm³/mol. The number of aliphatic hydroxyl groups is 1. The second-order valence-electron chi connectivity index (χ2n) is 4.41. The van der Waals surface area contributed by atoms with Crippen molar-refractivity contribution in [3.63, 3.8) is 0 Å². The van der Waals surface area contributed by atoms with E-state index in [0.29, 0.717) is 5.56 Å². The molecule has 2 rings (SSSR count). The molecule has 0 unspecified atom stereocenters. The predicted octanol–water partition coefficient (Wildman–Crippen LogP) is -1.01. The van der Waals surface area contributed by atoms with Crippen LogP contribution in [-0.4, -0.2) is 38.6 Å². The molecule has 3 N–H and O–H groups in total. The quantitative estimate of drug-likeness (QED) is 0.529. The molecule has 10 heteroatoms. The van der Waals surface area contributed by atoms with Crippen molar-refractivity contribution >= 4 is 5.82 Å². The fraction of sp³-hybridized carbons (Fsp3) is 0.600. The zero-order valence-electron chi connectivity index (χ0n) is 10.6. The third-order valence-corrected chi connectivity index (χ3v) is 3.07. The van der Waals surface area contributed by atoms with Gasteiger partial charge in [0.1, 0.15) is 24.3 Å². The summed E-state index contributed by atoms with van der Waals surface area (Å²) in [6, 6.07) is 0. The van der Waals surface area contributed by atoms with Crippen molar-refractivity contribution < 1.29 is 19.8 Å². The SMILES string of the molecule is Cc1cn([C@H]2C[C@H](O[N+](=O)[O-])[C@@H](CO)O2)c(=O)nc1N. The zero-order valence-corrected chi connectivity index (χ0v) is 10.6. The number of rotatable bonds is 4. The second-order valence-corrected chi connectivity index (χ2v) is 4.41. The van der Waals surface area contributed by atoms with E-state index in [9.17, 15) is 14.9 Å². The van der Waals surface area contributed by atoms with Gasteiger partial charge in [0, 0.05) is 18.2 Å². The van der Waals surface area contributed by atoms with E-state index in [1.807, 2.05) is 0 Å². The molecule has 3 atom stereocenters. The van der Waals surface area contributed by atoms with Gasteiger partial charge in [-0.05, 0) is 6.92 Å². The van der Waals surface area contributed by atoms with E-state index >= 15 is 0 Å². The number of aromatic nitrogens is 2. The van der Waals surface area contributed by atoms with Crippen molar-refractivity contribution in [2.45, 2.75) is 31.8 Å².